The van der Waals surface area contributed by atoms with Gasteiger partial charge in [0.25, 0.3) is 0 Å². The van der Waals surface area contributed by atoms with Gasteiger partial charge >= 0.3 is 0 Å². The van der Waals surface area contributed by atoms with E-state index in [1.807, 2.05) is 0 Å². The summed E-state index contributed by atoms with van der Waals surface area (Å²) in [6.07, 6.45) is 7.61. The molecule has 0 bridgehead atoms. The summed E-state index contributed by atoms with van der Waals surface area (Å²) in [6.45, 7) is 2.17. The molecule has 0 saturated heterocycles. The van der Waals surface area contributed by atoms with Gasteiger partial charge in [-0.3, -0.25) is 0 Å². The third-order valence-corrected chi connectivity index (χ3v) is 1.86. The van der Waals surface area contributed by atoms with E-state index in [9.17, 15) is 0 Å². The average Bonchev–Trinajstić information content (AvgIpc) is 1.88. The molecule has 1 rings (SSSR count). The Morgan fingerprint density at radius 3 is 2.89 bits per heavy atom. The van der Waals surface area contributed by atoms with Crippen LogP contribution in [0.3, 0.4) is 0 Å². The van der Waals surface area contributed by atoms with Crippen molar-refractivity contribution in [3.63, 3.8) is 0 Å². The highest BCUT2D eigenvalue weighted by atomic mass is 35.5. The van der Waals surface area contributed by atoms with Crippen LogP contribution >= 0.6 is 11.6 Å². The van der Waals surface area contributed by atoms with Crippen molar-refractivity contribution < 1.29 is 0 Å². The van der Waals surface area contributed by atoms with Crippen molar-refractivity contribution in [2.75, 3.05) is 0 Å². The monoisotopic (exact) mass is 142 g/mol. The maximum absolute atomic E-state index is 5.77. The largest absolute Gasteiger partial charge is 0.0847 e. The number of hydrogen-bond donors (Lipinski definition) is 0. The maximum atomic E-state index is 5.77. The van der Waals surface area contributed by atoms with Gasteiger partial charge in [0.05, 0.1) is 0 Å². The summed E-state index contributed by atoms with van der Waals surface area (Å²) in [4.78, 5) is 0. The van der Waals surface area contributed by atoms with E-state index in [1.54, 1.807) is 0 Å². The van der Waals surface area contributed by atoms with Crippen molar-refractivity contribution in [3.05, 3.63) is 22.8 Å². The first-order chi connectivity index (χ1) is 4.33. The molecule has 0 nitrogen and oxygen atoms in total. The Bertz CT molecular complexity index is 154. The Hall–Kier alpha value is -0.230. The minimum absolute atomic E-state index is 0.915. The summed E-state index contributed by atoms with van der Waals surface area (Å²) in [5.74, 6) is 0. The lowest BCUT2D eigenvalue weighted by Crippen LogP contribution is -1.86. The first-order valence-corrected chi connectivity index (χ1v) is 3.76. The van der Waals surface area contributed by atoms with Gasteiger partial charge in [0.15, 0.2) is 0 Å². The van der Waals surface area contributed by atoms with E-state index in [0.29, 0.717) is 0 Å². The second kappa shape index (κ2) is 3.07. The number of rotatable bonds is 1. The zero-order chi connectivity index (χ0) is 6.69. The third kappa shape index (κ3) is 1.87. The fourth-order valence-electron chi connectivity index (χ4n) is 1.00. The maximum Gasteiger partial charge on any atom is 0.0365 e. The van der Waals surface area contributed by atoms with Crippen molar-refractivity contribution in [2.24, 2.45) is 0 Å². The van der Waals surface area contributed by atoms with Crippen LogP contribution in [0.15, 0.2) is 22.8 Å². The lowest BCUT2D eigenvalue weighted by atomic mass is 10.0. The van der Waals surface area contributed by atoms with E-state index in [0.717, 1.165) is 17.9 Å². The van der Waals surface area contributed by atoms with Gasteiger partial charge in [0.2, 0.25) is 0 Å². The fraction of sp³-hybridized carbons (Fsp3) is 0.500. The summed E-state index contributed by atoms with van der Waals surface area (Å²) in [5, 5.41) is 0.915. The van der Waals surface area contributed by atoms with Crippen LogP contribution in [-0.2, 0) is 0 Å². The zero-order valence-electron chi connectivity index (χ0n) is 5.65. The molecule has 1 aliphatic carbocycles. The molecule has 0 fully saturated rings. The zero-order valence-corrected chi connectivity index (χ0v) is 6.41. The summed E-state index contributed by atoms with van der Waals surface area (Å²) in [5.41, 5.74) is 1.47. The Labute approximate surface area is 61.2 Å². The Morgan fingerprint density at radius 2 is 2.44 bits per heavy atom. The molecule has 0 radical (unpaired) electrons. The van der Waals surface area contributed by atoms with Crippen molar-refractivity contribution in [3.8, 4) is 0 Å². The Balaban J connectivity index is 2.63. The SMILES string of the molecule is CCC1=CC(Cl)=CCC1. The molecule has 0 aliphatic heterocycles. The lowest BCUT2D eigenvalue weighted by molar-refractivity contribution is 0.892. The average molecular weight is 143 g/mol. The molecule has 0 amide bonds. The summed E-state index contributed by atoms with van der Waals surface area (Å²) < 4.78 is 0. The quantitative estimate of drug-likeness (QED) is 0.527. The molecule has 0 spiro atoms. The van der Waals surface area contributed by atoms with E-state index in [-0.39, 0.29) is 0 Å². The van der Waals surface area contributed by atoms with Crippen LogP contribution in [0.4, 0.5) is 0 Å². The van der Waals surface area contributed by atoms with Gasteiger partial charge in [-0.15, -0.1) is 0 Å². The topological polar surface area (TPSA) is 0 Å². The summed E-state index contributed by atoms with van der Waals surface area (Å²) in [6, 6.07) is 0. The highest BCUT2D eigenvalue weighted by molar-refractivity contribution is 6.31. The molecular formula is C8H11Cl. The van der Waals surface area contributed by atoms with E-state index >= 15 is 0 Å². The first kappa shape index (κ1) is 6.88. The number of hydrogen-bond acceptors (Lipinski definition) is 0. The first-order valence-electron chi connectivity index (χ1n) is 3.38. The van der Waals surface area contributed by atoms with Crippen molar-refractivity contribution in [1.29, 1.82) is 0 Å². The van der Waals surface area contributed by atoms with Crippen LogP contribution in [0.5, 0.6) is 0 Å². The third-order valence-electron chi connectivity index (χ3n) is 1.60. The van der Waals surface area contributed by atoms with Gasteiger partial charge in [-0.25, -0.2) is 0 Å². The molecule has 0 aromatic rings. The molecule has 0 saturated carbocycles. The van der Waals surface area contributed by atoms with Gasteiger partial charge in [0, 0.05) is 5.03 Å². The van der Waals surface area contributed by atoms with Crippen molar-refractivity contribution >= 4 is 11.6 Å². The summed E-state index contributed by atoms with van der Waals surface area (Å²) >= 11 is 5.77. The van der Waals surface area contributed by atoms with Crippen LogP contribution in [0.1, 0.15) is 26.2 Å². The molecule has 0 aromatic carbocycles. The Kier molecular flexibility index (Phi) is 2.35. The second-order valence-corrected chi connectivity index (χ2v) is 2.72. The van der Waals surface area contributed by atoms with Crippen LogP contribution in [0.2, 0.25) is 0 Å². The lowest BCUT2D eigenvalue weighted by Gasteiger charge is -2.06. The standard InChI is InChI=1S/C8H11Cl/c1-2-7-4-3-5-8(9)6-7/h5-6H,2-4H2,1H3. The molecule has 50 valence electrons. The normalized spacial score (nSPS) is 18.9. The molecule has 9 heavy (non-hydrogen) atoms. The van der Waals surface area contributed by atoms with Gasteiger partial charge in [-0.2, -0.15) is 0 Å². The van der Waals surface area contributed by atoms with Gasteiger partial charge in [-0.05, 0) is 25.3 Å². The van der Waals surface area contributed by atoms with Gasteiger partial charge < -0.3 is 0 Å². The number of allylic oxidation sites excluding steroid dienone is 4. The van der Waals surface area contributed by atoms with Crippen LogP contribution < -0.4 is 0 Å². The highest BCUT2D eigenvalue weighted by Crippen LogP contribution is 2.21. The predicted octanol–water partition coefficient (Wildman–Crippen LogP) is 3.24. The van der Waals surface area contributed by atoms with E-state index in [1.165, 1.54) is 12.0 Å². The molecule has 1 aliphatic rings. The minimum atomic E-state index is 0.915. The molecule has 0 heterocycles. The number of halogens is 1. The van der Waals surface area contributed by atoms with Gasteiger partial charge in [0.1, 0.15) is 0 Å². The van der Waals surface area contributed by atoms with Crippen LogP contribution in [0, 0.1) is 0 Å². The summed E-state index contributed by atoms with van der Waals surface area (Å²) in [7, 11) is 0. The van der Waals surface area contributed by atoms with Crippen molar-refractivity contribution in [2.45, 2.75) is 26.2 Å². The second-order valence-electron chi connectivity index (χ2n) is 2.28. The molecular weight excluding hydrogens is 132 g/mol. The highest BCUT2D eigenvalue weighted by Gasteiger charge is 1.99. The molecule has 0 unspecified atom stereocenters. The minimum Gasteiger partial charge on any atom is -0.0847 e. The van der Waals surface area contributed by atoms with Crippen LogP contribution in [0.25, 0.3) is 0 Å². The fourth-order valence-corrected chi connectivity index (χ4v) is 1.26. The van der Waals surface area contributed by atoms with E-state index < -0.39 is 0 Å². The molecule has 0 aromatic heterocycles. The van der Waals surface area contributed by atoms with E-state index in [2.05, 4.69) is 19.1 Å². The predicted molar refractivity (Wildman–Crippen MR) is 41.5 cm³/mol. The molecule has 0 N–H and O–H groups in total. The van der Waals surface area contributed by atoms with Crippen molar-refractivity contribution in [1.82, 2.24) is 0 Å². The van der Waals surface area contributed by atoms with Crippen LogP contribution in [-0.4, -0.2) is 0 Å². The van der Waals surface area contributed by atoms with Gasteiger partial charge in [-0.1, -0.05) is 30.2 Å². The van der Waals surface area contributed by atoms with E-state index in [4.69, 9.17) is 11.6 Å². The molecule has 1 heteroatoms. The smallest absolute Gasteiger partial charge is 0.0365 e. The molecule has 0 atom stereocenters. The Morgan fingerprint density at radius 1 is 1.67 bits per heavy atom.